The molecule has 0 aromatic rings. The summed E-state index contributed by atoms with van der Waals surface area (Å²) in [6.45, 7) is 6.86. The summed E-state index contributed by atoms with van der Waals surface area (Å²) in [4.78, 5) is 21.4. The van der Waals surface area contributed by atoms with Gasteiger partial charge in [0.1, 0.15) is 0 Å². The molecule has 0 saturated carbocycles. The molecular formula is C8H18FN3O2V. The summed E-state index contributed by atoms with van der Waals surface area (Å²) in [6.07, 6.45) is 2.12. The molecule has 0 spiro atoms. The number of carbonyl (C=O) groups excluding carboxylic acids is 2. The molecule has 2 amide bonds. The van der Waals surface area contributed by atoms with Gasteiger partial charge in [-0.05, 0) is 20.1 Å². The van der Waals surface area contributed by atoms with E-state index < -0.39 is 0 Å². The monoisotopic (exact) mass is 258 g/mol. The van der Waals surface area contributed by atoms with Crippen LogP contribution in [0.1, 0.15) is 27.7 Å². The summed E-state index contributed by atoms with van der Waals surface area (Å²) in [5.74, 6) is 0. The molecular weight excluding hydrogens is 240 g/mol. The molecule has 0 heterocycles. The minimum atomic E-state index is 0. The number of nitrogens with zero attached hydrogens (tertiary/aromatic N) is 2. The maximum atomic E-state index is 9.89. The van der Waals surface area contributed by atoms with E-state index in [1.54, 1.807) is 0 Å². The number of carbonyl (C=O) groups is 2. The molecule has 0 aliphatic carbocycles. The van der Waals surface area contributed by atoms with Gasteiger partial charge in [0.05, 0.1) is 0 Å². The molecule has 0 aromatic heterocycles. The molecule has 0 saturated heterocycles. The molecule has 1 unspecified atom stereocenters. The molecule has 0 radical (unpaired) electrons. The van der Waals surface area contributed by atoms with Crippen molar-refractivity contribution >= 4 is 19.5 Å². The van der Waals surface area contributed by atoms with Crippen molar-refractivity contribution in [2.24, 2.45) is 9.01 Å². The molecule has 15 heavy (non-hydrogen) atoms. The minimum absolute atomic E-state index is 0. The zero-order valence-electron chi connectivity index (χ0n) is 8.18. The maximum absolute atomic E-state index is 9.89. The van der Waals surface area contributed by atoms with Crippen molar-refractivity contribution < 1.29 is 31.3 Å². The Bertz CT molecular complexity index is 153. The Balaban J connectivity index is -0.0000000654. The average Bonchev–Trinajstić information content (AvgIpc) is 2.20. The van der Waals surface area contributed by atoms with Gasteiger partial charge in [0.25, 0.3) is 0 Å². The second-order valence-corrected chi connectivity index (χ2v) is 2.19. The first kappa shape index (κ1) is 23.7. The summed E-state index contributed by atoms with van der Waals surface area (Å²) < 4.78 is 11.8. The van der Waals surface area contributed by atoms with Crippen LogP contribution in [0.25, 0.3) is 0 Å². The number of rotatable bonds is 4. The van der Waals surface area contributed by atoms with Crippen LogP contribution in [0.5, 0.6) is 0 Å². The van der Waals surface area contributed by atoms with Crippen molar-refractivity contribution in [3.05, 3.63) is 0 Å². The van der Waals surface area contributed by atoms with Crippen molar-refractivity contribution in [3.8, 4) is 0 Å². The normalized spacial score (nSPS) is 8.13. The Morgan fingerprint density at radius 3 is 2.00 bits per heavy atom. The second kappa shape index (κ2) is 29.2. The summed E-state index contributed by atoms with van der Waals surface area (Å²) in [5, 5.41) is 2.61. The third-order valence-corrected chi connectivity index (χ3v) is 1.04. The van der Waals surface area contributed by atoms with Crippen LogP contribution in [0.15, 0.2) is 9.01 Å². The SMILES string of the molecule is C.C=NC=O.CCC(C)NC=O.F[N]=[V]. The van der Waals surface area contributed by atoms with E-state index in [1.165, 1.54) is 17.2 Å². The molecule has 0 aromatic carbocycles. The average molecular weight is 258 g/mol. The van der Waals surface area contributed by atoms with Crippen LogP contribution in [-0.4, -0.2) is 25.6 Å². The molecule has 0 fully saturated rings. The first-order chi connectivity index (χ1) is 6.64. The summed E-state index contributed by atoms with van der Waals surface area (Å²) in [6, 6.07) is 0.331. The number of hydrogen-bond donors (Lipinski definition) is 1. The third-order valence-electron chi connectivity index (χ3n) is 1.04. The van der Waals surface area contributed by atoms with Crippen LogP contribution in [0, 0.1) is 0 Å². The predicted molar refractivity (Wildman–Crippen MR) is 54.8 cm³/mol. The van der Waals surface area contributed by atoms with Crippen molar-refractivity contribution in [2.75, 3.05) is 0 Å². The Labute approximate surface area is 99.3 Å². The Kier molecular flexibility index (Phi) is 46.3. The Morgan fingerprint density at radius 2 is 1.93 bits per heavy atom. The van der Waals surface area contributed by atoms with Gasteiger partial charge in [-0.15, -0.1) is 0 Å². The van der Waals surface area contributed by atoms with Crippen LogP contribution >= 0.6 is 0 Å². The molecule has 1 atom stereocenters. The predicted octanol–water partition coefficient (Wildman–Crippen LogP) is 1.61. The molecule has 0 aliphatic rings. The summed E-state index contributed by atoms with van der Waals surface area (Å²) in [7, 11) is 0. The number of amides is 2. The number of halogens is 1. The van der Waals surface area contributed by atoms with E-state index in [9.17, 15) is 9.28 Å². The number of aliphatic imine (C=N–C) groups is 1. The van der Waals surface area contributed by atoms with Crippen LogP contribution in [0.2, 0.25) is 0 Å². The van der Waals surface area contributed by atoms with Crippen LogP contribution < -0.4 is 5.32 Å². The Morgan fingerprint density at radius 1 is 1.60 bits per heavy atom. The van der Waals surface area contributed by atoms with E-state index in [4.69, 9.17) is 4.79 Å². The van der Waals surface area contributed by atoms with Crippen molar-refractivity contribution in [2.45, 2.75) is 33.7 Å². The molecule has 0 aliphatic heterocycles. The summed E-state index contributed by atoms with van der Waals surface area (Å²) >= 11 is 1.42. The van der Waals surface area contributed by atoms with Crippen molar-refractivity contribution in [1.29, 1.82) is 0 Å². The molecule has 0 bridgehead atoms. The summed E-state index contributed by atoms with van der Waals surface area (Å²) in [5.41, 5.74) is 0. The number of nitrogens with one attached hydrogen (secondary N) is 1. The van der Waals surface area contributed by atoms with Gasteiger partial charge in [-0.2, -0.15) is 0 Å². The fourth-order valence-corrected chi connectivity index (χ4v) is 0.234. The third kappa shape index (κ3) is 61.9. The van der Waals surface area contributed by atoms with Gasteiger partial charge in [0.2, 0.25) is 12.8 Å². The van der Waals surface area contributed by atoms with E-state index in [1.807, 2.05) is 17.9 Å². The van der Waals surface area contributed by atoms with Crippen molar-refractivity contribution in [1.82, 2.24) is 5.32 Å². The fraction of sp³-hybridized carbons (Fsp3) is 0.625. The van der Waals surface area contributed by atoms with Crippen LogP contribution in [-0.2, 0) is 26.8 Å². The van der Waals surface area contributed by atoms with Gasteiger partial charge in [-0.1, -0.05) is 14.4 Å². The van der Waals surface area contributed by atoms with Crippen molar-refractivity contribution in [3.63, 3.8) is 0 Å². The molecule has 1 N–H and O–H groups in total. The van der Waals surface area contributed by atoms with E-state index in [0.717, 1.165) is 12.8 Å². The standard InChI is InChI=1S/C5H11NO.C2H3NO.CH4.FN.V/c1-3-5(2)6-4-7;1-3-2-4;;1-2;/h4-5H,3H2,1-2H3,(H,6,7);2H,1H2;1H4;;. The van der Waals surface area contributed by atoms with Gasteiger partial charge in [-0.25, -0.2) is 4.99 Å². The van der Waals surface area contributed by atoms with Gasteiger partial charge < -0.3 is 5.32 Å². The Hall–Kier alpha value is -0.876. The first-order valence-corrected chi connectivity index (χ1v) is 4.31. The zero-order valence-corrected chi connectivity index (χ0v) is 9.58. The van der Waals surface area contributed by atoms with Gasteiger partial charge >= 0.3 is 25.7 Å². The van der Waals surface area contributed by atoms with E-state index in [0.29, 0.717) is 12.5 Å². The van der Waals surface area contributed by atoms with Gasteiger partial charge in [0.15, 0.2) is 0 Å². The molecule has 7 heteroatoms. The first-order valence-electron chi connectivity index (χ1n) is 3.68. The molecule has 0 rings (SSSR count). The molecule has 89 valence electrons. The van der Waals surface area contributed by atoms with E-state index in [2.05, 4.69) is 17.0 Å². The topological polar surface area (TPSA) is 70.9 Å². The quantitative estimate of drug-likeness (QED) is 0.614. The zero-order chi connectivity index (χ0) is 11.8. The van der Waals surface area contributed by atoms with E-state index >= 15 is 0 Å². The van der Waals surface area contributed by atoms with Crippen LogP contribution in [0.4, 0.5) is 4.48 Å². The second-order valence-electron chi connectivity index (χ2n) is 1.96. The fourth-order valence-electron chi connectivity index (χ4n) is 0.234. The van der Waals surface area contributed by atoms with Crippen LogP contribution in [0.3, 0.4) is 0 Å². The molecule has 5 nitrogen and oxygen atoms in total. The van der Waals surface area contributed by atoms with Gasteiger partial charge in [0, 0.05) is 6.04 Å². The van der Waals surface area contributed by atoms with Gasteiger partial charge in [-0.3, -0.25) is 9.59 Å². The van der Waals surface area contributed by atoms with E-state index in [-0.39, 0.29) is 7.43 Å². The number of hydrogen-bond acceptors (Lipinski definition) is 3.